The molecular formula is C19H25N5O2. The van der Waals surface area contributed by atoms with Crippen LogP contribution in [-0.2, 0) is 7.05 Å². The maximum absolute atomic E-state index is 12.4. The summed E-state index contributed by atoms with van der Waals surface area (Å²) < 4.78 is 1.78. The van der Waals surface area contributed by atoms with Crippen molar-refractivity contribution in [1.82, 2.24) is 19.7 Å². The van der Waals surface area contributed by atoms with Gasteiger partial charge in [0.2, 0.25) is 0 Å². The first kappa shape index (κ1) is 17.0. The number of carbonyl (C=O) groups excluding carboxylic acids is 1. The van der Waals surface area contributed by atoms with E-state index in [1.807, 2.05) is 36.5 Å². The monoisotopic (exact) mass is 355 g/mol. The van der Waals surface area contributed by atoms with E-state index >= 15 is 0 Å². The third-order valence-corrected chi connectivity index (χ3v) is 5.41. The van der Waals surface area contributed by atoms with Crippen LogP contribution in [-0.4, -0.2) is 49.9 Å². The number of nitrogens with zero attached hydrogens (tertiary/aromatic N) is 4. The number of pyridine rings is 1. The molecule has 7 heteroatoms. The first-order valence-electron chi connectivity index (χ1n) is 9.28. The van der Waals surface area contributed by atoms with Crippen molar-refractivity contribution in [1.29, 1.82) is 0 Å². The van der Waals surface area contributed by atoms with Crippen molar-refractivity contribution in [2.45, 2.75) is 37.8 Å². The average molecular weight is 355 g/mol. The van der Waals surface area contributed by atoms with E-state index in [1.54, 1.807) is 10.9 Å². The highest BCUT2D eigenvalue weighted by molar-refractivity contribution is 5.94. The van der Waals surface area contributed by atoms with Crippen molar-refractivity contribution in [3.63, 3.8) is 0 Å². The zero-order valence-electron chi connectivity index (χ0n) is 15.0. The van der Waals surface area contributed by atoms with E-state index in [4.69, 9.17) is 0 Å². The van der Waals surface area contributed by atoms with Gasteiger partial charge in [0.1, 0.15) is 5.82 Å². The number of amides is 1. The number of carbonyl (C=O) groups is 1. The van der Waals surface area contributed by atoms with Crippen LogP contribution in [0.3, 0.4) is 0 Å². The molecule has 0 radical (unpaired) electrons. The Morgan fingerprint density at radius 1 is 1.27 bits per heavy atom. The van der Waals surface area contributed by atoms with Crippen molar-refractivity contribution in [3.05, 3.63) is 41.9 Å². The Morgan fingerprint density at radius 3 is 2.62 bits per heavy atom. The second-order valence-electron chi connectivity index (χ2n) is 7.39. The van der Waals surface area contributed by atoms with Crippen molar-refractivity contribution < 1.29 is 9.90 Å². The number of anilines is 1. The summed E-state index contributed by atoms with van der Waals surface area (Å²) in [5.41, 5.74) is 1.72. The SMILES string of the molecule is Cn1cc(C(Nc2ccc(C(=O)N3CCCC3)cn2)C2CC(O)C2)cn1. The van der Waals surface area contributed by atoms with Crippen LogP contribution in [0.1, 0.15) is 47.6 Å². The van der Waals surface area contributed by atoms with Gasteiger partial charge in [-0.2, -0.15) is 5.10 Å². The molecule has 26 heavy (non-hydrogen) atoms. The first-order valence-corrected chi connectivity index (χ1v) is 9.28. The Kier molecular flexibility index (Phi) is 4.63. The van der Waals surface area contributed by atoms with Crippen LogP contribution in [0.2, 0.25) is 0 Å². The van der Waals surface area contributed by atoms with E-state index in [1.165, 1.54) is 0 Å². The Labute approximate surface area is 153 Å². The Hall–Kier alpha value is -2.41. The number of hydrogen-bond donors (Lipinski definition) is 2. The first-order chi connectivity index (χ1) is 12.6. The molecule has 1 aliphatic heterocycles. The molecule has 2 fully saturated rings. The molecule has 3 heterocycles. The van der Waals surface area contributed by atoms with E-state index in [0.717, 1.165) is 50.2 Å². The smallest absolute Gasteiger partial charge is 0.255 e. The zero-order chi connectivity index (χ0) is 18.1. The molecule has 2 aliphatic rings. The lowest BCUT2D eigenvalue weighted by atomic mass is 9.75. The maximum atomic E-state index is 12.4. The minimum Gasteiger partial charge on any atom is -0.393 e. The fourth-order valence-electron chi connectivity index (χ4n) is 3.84. The summed E-state index contributed by atoms with van der Waals surface area (Å²) >= 11 is 0. The van der Waals surface area contributed by atoms with Gasteiger partial charge in [0, 0.05) is 38.1 Å². The van der Waals surface area contributed by atoms with E-state index in [0.29, 0.717) is 11.5 Å². The van der Waals surface area contributed by atoms with Crippen LogP contribution in [0.4, 0.5) is 5.82 Å². The van der Waals surface area contributed by atoms with Crippen molar-refractivity contribution >= 4 is 11.7 Å². The van der Waals surface area contributed by atoms with Crippen LogP contribution in [0.15, 0.2) is 30.7 Å². The predicted octanol–water partition coefficient (Wildman–Crippen LogP) is 1.98. The summed E-state index contributed by atoms with van der Waals surface area (Å²) in [6, 6.07) is 3.76. The molecule has 138 valence electrons. The number of aromatic nitrogens is 3. The number of aryl methyl sites for hydroxylation is 1. The molecule has 4 rings (SSSR count). The quantitative estimate of drug-likeness (QED) is 0.857. The van der Waals surface area contributed by atoms with Crippen LogP contribution in [0.5, 0.6) is 0 Å². The number of aliphatic hydroxyl groups excluding tert-OH is 1. The summed E-state index contributed by atoms with van der Waals surface area (Å²) in [5, 5.41) is 17.4. The van der Waals surface area contributed by atoms with Crippen LogP contribution in [0.25, 0.3) is 0 Å². The lowest BCUT2D eigenvalue weighted by molar-refractivity contribution is 0.0339. The molecular weight excluding hydrogens is 330 g/mol. The molecule has 1 aliphatic carbocycles. The summed E-state index contributed by atoms with van der Waals surface area (Å²) in [4.78, 5) is 18.8. The second-order valence-corrected chi connectivity index (χ2v) is 7.39. The van der Waals surface area contributed by atoms with Crippen molar-refractivity contribution in [2.75, 3.05) is 18.4 Å². The van der Waals surface area contributed by atoms with Crippen LogP contribution >= 0.6 is 0 Å². The lowest BCUT2D eigenvalue weighted by Crippen LogP contribution is -2.36. The fourth-order valence-corrected chi connectivity index (χ4v) is 3.84. The summed E-state index contributed by atoms with van der Waals surface area (Å²) in [6.07, 6.45) is 9.00. The maximum Gasteiger partial charge on any atom is 0.255 e. The van der Waals surface area contributed by atoms with Crippen molar-refractivity contribution in [2.24, 2.45) is 13.0 Å². The molecule has 0 bridgehead atoms. The molecule has 2 aromatic heterocycles. The van der Waals surface area contributed by atoms with Crippen LogP contribution in [0, 0.1) is 5.92 Å². The average Bonchev–Trinajstić information content (AvgIpc) is 3.29. The third kappa shape index (κ3) is 3.44. The number of nitrogens with one attached hydrogen (secondary N) is 1. The molecule has 1 unspecified atom stereocenters. The molecule has 0 spiro atoms. The van der Waals surface area contributed by atoms with Gasteiger partial charge in [-0.1, -0.05) is 0 Å². The summed E-state index contributed by atoms with van der Waals surface area (Å²) in [7, 11) is 1.90. The van der Waals surface area contributed by atoms with Crippen LogP contribution < -0.4 is 5.32 Å². The Bertz CT molecular complexity index is 760. The molecule has 7 nitrogen and oxygen atoms in total. The van der Waals surface area contributed by atoms with E-state index < -0.39 is 0 Å². The number of likely N-dealkylation sites (tertiary alicyclic amines) is 1. The second kappa shape index (κ2) is 7.07. The normalized spacial score (nSPS) is 23.5. The molecule has 1 atom stereocenters. The minimum atomic E-state index is -0.214. The highest BCUT2D eigenvalue weighted by Gasteiger charge is 2.35. The zero-order valence-corrected chi connectivity index (χ0v) is 15.0. The highest BCUT2D eigenvalue weighted by Crippen LogP contribution is 2.39. The van der Waals surface area contributed by atoms with Gasteiger partial charge in [0.25, 0.3) is 5.91 Å². The summed E-state index contributed by atoms with van der Waals surface area (Å²) in [5.74, 6) is 1.15. The number of aliphatic hydroxyl groups is 1. The Balaban J connectivity index is 1.47. The third-order valence-electron chi connectivity index (χ3n) is 5.41. The van der Waals surface area contributed by atoms with Gasteiger partial charge >= 0.3 is 0 Å². The predicted molar refractivity (Wildman–Crippen MR) is 97.7 cm³/mol. The topological polar surface area (TPSA) is 83.3 Å². The van der Waals surface area contributed by atoms with E-state index in [-0.39, 0.29) is 18.1 Å². The molecule has 1 saturated carbocycles. The van der Waals surface area contributed by atoms with E-state index in [9.17, 15) is 9.90 Å². The Morgan fingerprint density at radius 2 is 2.04 bits per heavy atom. The molecule has 1 saturated heterocycles. The van der Waals surface area contributed by atoms with Gasteiger partial charge in [-0.25, -0.2) is 4.98 Å². The van der Waals surface area contributed by atoms with E-state index in [2.05, 4.69) is 15.4 Å². The standard InChI is InChI=1S/C19H25N5O2/c1-23-12-15(11-21-23)18(14-8-16(25)9-14)22-17-5-4-13(10-20-17)19(26)24-6-2-3-7-24/h4-5,10-12,14,16,18,25H,2-3,6-9H2,1H3,(H,20,22). The van der Waals surface area contributed by atoms with Gasteiger partial charge in [-0.15, -0.1) is 0 Å². The number of rotatable bonds is 5. The summed E-state index contributed by atoms with van der Waals surface area (Å²) in [6.45, 7) is 1.68. The van der Waals surface area contributed by atoms with Crippen molar-refractivity contribution in [3.8, 4) is 0 Å². The highest BCUT2D eigenvalue weighted by atomic mass is 16.3. The molecule has 0 aromatic carbocycles. The molecule has 2 aromatic rings. The van der Waals surface area contributed by atoms with Gasteiger partial charge in [0.05, 0.1) is 23.9 Å². The van der Waals surface area contributed by atoms with Gasteiger partial charge in [-0.3, -0.25) is 9.48 Å². The van der Waals surface area contributed by atoms with Gasteiger partial charge < -0.3 is 15.3 Å². The van der Waals surface area contributed by atoms with Gasteiger partial charge in [-0.05, 0) is 43.7 Å². The molecule has 1 amide bonds. The molecule has 2 N–H and O–H groups in total. The largest absolute Gasteiger partial charge is 0.393 e. The lowest BCUT2D eigenvalue weighted by Gasteiger charge is -2.38. The minimum absolute atomic E-state index is 0.0553. The fraction of sp³-hybridized carbons (Fsp3) is 0.526. The van der Waals surface area contributed by atoms with Gasteiger partial charge in [0.15, 0.2) is 0 Å². The number of hydrogen-bond acceptors (Lipinski definition) is 5.